The predicted octanol–water partition coefficient (Wildman–Crippen LogP) is 6.44. The molecule has 0 heterocycles. The van der Waals surface area contributed by atoms with Gasteiger partial charge in [-0.1, -0.05) is 85.7 Å². The predicted molar refractivity (Wildman–Crippen MR) is 265 cm³/mol. The molecule has 0 aliphatic heterocycles. The number of aliphatic imine (C=N–C) groups is 1. The highest BCUT2D eigenvalue weighted by atomic mass is 16.4. The lowest BCUT2D eigenvalue weighted by Gasteiger charge is -2.71. The van der Waals surface area contributed by atoms with Crippen molar-refractivity contribution in [3.05, 3.63) is 122 Å². The number of aliphatic hydroxyl groups excluding tert-OH is 1. The maximum absolute atomic E-state index is 16.7. The molecule has 4 saturated carbocycles. The molecule has 1 aromatic rings. The summed E-state index contributed by atoms with van der Waals surface area (Å²) in [6.45, 7) is 5.43. The van der Waals surface area contributed by atoms with E-state index in [-0.39, 0.29) is 68.2 Å². The minimum atomic E-state index is -1.97. The van der Waals surface area contributed by atoms with Gasteiger partial charge in [0.2, 0.25) is 0 Å². The van der Waals surface area contributed by atoms with Gasteiger partial charge >= 0.3 is 5.97 Å². The molecule has 11 heteroatoms. The van der Waals surface area contributed by atoms with Gasteiger partial charge in [-0.05, 0) is 122 Å². The highest BCUT2D eigenvalue weighted by molar-refractivity contribution is 6.03. The molecule has 4 fully saturated rings. The van der Waals surface area contributed by atoms with Crippen molar-refractivity contribution >= 4 is 29.6 Å². The molecule has 14 rings (SSSR count). The van der Waals surface area contributed by atoms with Gasteiger partial charge in [0.25, 0.3) is 0 Å². The standard InChI is InChI=1S/C60H63N3O8/c1-31(50(67)68)38-17-23-54(63-51(61)62)24-25-56-43-36(30-64)12-9-20-55(56)29-40(65)45-49-57(69)28-37-27-34-15-16-39(59(38,70)48(43)54)42(34)46(56)60(37,71)58(49,55)21-8-4-7-19-52(2)41(66)18-22-53(45,3)47(52)44(57)35-14-13-32-10-5-6-11-33(32)26-35/h5-6,9-12,16,24-26,28,36,43-44,46-48,64,69-71H,8,13-15,17-23,27,29-30H2,1-3H3,(H,67,68)(H4,61,62,63)/b38-31+/t36-,43-,44-,46+,47-,48-,52-,53-,54+,55-,56+,57-,58+,59+,60+/m1/s1. The summed E-state index contributed by atoms with van der Waals surface area (Å²) in [5, 5.41) is 67.9. The number of aryl methyl sites for hydroxylation is 1. The maximum Gasteiger partial charge on any atom is 0.331 e. The molecule has 0 saturated heterocycles. The molecule has 13 aliphatic rings. The molecule has 9 N–H and O–H groups in total. The average Bonchev–Trinajstić information content (AvgIpc) is 3.74. The summed E-state index contributed by atoms with van der Waals surface area (Å²) in [5.74, 6) is 1.36. The second-order valence-electron chi connectivity index (χ2n) is 24.7. The van der Waals surface area contributed by atoms with E-state index in [1.165, 1.54) is 5.56 Å². The van der Waals surface area contributed by atoms with Crippen LogP contribution in [0.2, 0.25) is 0 Å². The summed E-state index contributed by atoms with van der Waals surface area (Å²) in [7, 11) is 0. The molecule has 0 unspecified atom stereocenters. The Kier molecular flexibility index (Phi) is 8.38. The van der Waals surface area contributed by atoms with Crippen LogP contribution in [0.5, 0.6) is 0 Å². The van der Waals surface area contributed by atoms with Gasteiger partial charge in [0.1, 0.15) is 22.6 Å². The summed E-state index contributed by atoms with van der Waals surface area (Å²) in [6, 6.07) is 8.37. The van der Waals surface area contributed by atoms with E-state index in [2.05, 4.69) is 55.2 Å². The summed E-state index contributed by atoms with van der Waals surface area (Å²) in [4.78, 5) is 50.0. The third-order valence-corrected chi connectivity index (χ3v) is 22.6. The van der Waals surface area contributed by atoms with Crippen LogP contribution in [0.25, 0.3) is 6.08 Å². The molecule has 1 aromatic carbocycles. The zero-order valence-corrected chi connectivity index (χ0v) is 40.8. The van der Waals surface area contributed by atoms with Crippen LogP contribution in [-0.2, 0) is 20.8 Å². The van der Waals surface area contributed by atoms with Gasteiger partial charge < -0.3 is 37.0 Å². The van der Waals surface area contributed by atoms with Gasteiger partial charge in [-0.3, -0.25) is 9.59 Å². The molecule has 13 aliphatic carbocycles. The van der Waals surface area contributed by atoms with E-state index in [4.69, 9.17) is 16.5 Å². The van der Waals surface area contributed by atoms with Crippen molar-refractivity contribution in [3.8, 4) is 11.8 Å². The first-order chi connectivity index (χ1) is 33.8. The highest BCUT2D eigenvalue weighted by Crippen LogP contribution is 2.91. The maximum atomic E-state index is 16.7. The lowest BCUT2D eigenvalue weighted by molar-refractivity contribution is -0.178. The fraction of sp³-hybridized carbons (Fsp3) is 0.533. The Hall–Kier alpha value is -5.38. The van der Waals surface area contributed by atoms with Gasteiger partial charge in [0.15, 0.2) is 11.7 Å². The largest absolute Gasteiger partial charge is 0.478 e. The number of hydrogen-bond acceptors (Lipinski definition) is 8. The number of carboxylic acids is 1. The fourth-order valence-corrected chi connectivity index (χ4v) is 20.8. The lowest BCUT2D eigenvalue weighted by Crippen LogP contribution is -2.73. The number of aliphatic carboxylic acids is 1. The van der Waals surface area contributed by atoms with E-state index in [0.717, 1.165) is 28.7 Å². The fourth-order valence-electron chi connectivity index (χ4n) is 20.8. The second kappa shape index (κ2) is 13.4. The molecule has 366 valence electrons. The van der Waals surface area contributed by atoms with Crippen molar-refractivity contribution in [2.24, 2.45) is 79.0 Å². The zero-order chi connectivity index (χ0) is 49.4. The van der Waals surface area contributed by atoms with Gasteiger partial charge in [0.05, 0.1) is 5.54 Å². The van der Waals surface area contributed by atoms with E-state index in [9.17, 15) is 24.9 Å². The van der Waals surface area contributed by atoms with Crippen molar-refractivity contribution < 1.29 is 39.9 Å². The lowest BCUT2D eigenvalue weighted by atomic mass is 9.32. The van der Waals surface area contributed by atoms with Crippen molar-refractivity contribution in [3.63, 3.8) is 0 Å². The molecule has 3 spiro atoms. The molecule has 8 bridgehead atoms. The van der Waals surface area contributed by atoms with Crippen LogP contribution in [0.4, 0.5) is 0 Å². The van der Waals surface area contributed by atoms with Crippen LogP contribution < -0.4 is 11.5 Å². The van der Waals surface area contributed by atoms with Gasteiger partial charge in [-0.15, -0.1) is 11.8 Å². The molecular weight excluding hydrogens is 891 g/mol. The minimum absolute atomic E-state index is 0.00255. The molecular formula is C60H63N3O8. The van der Waals surface area contributed by atoms with Gasteiger partial charge in [-0.25, -0.2) is 9.79 Å². The number of guanidine groups is 1. The molecule has 0 aromatic heterocycles. The normalized spacial score (nSPS) is 48.0. The van der Waals surface area contributed by atoms with Crippen LogP contribution in [0.3, 0.4) is 0 Å². The van der Waals surface area contributed by atoms with Crippen molar-refractivity contribution in [2.75, 3.05) is 6.61 Å². The summed E-state index contributed by atoms with van der Waals surface area (Å²) in [6.07, 6.45) is 19.0. The van der Waals surface area contributed by atoms with Crippen molar-refractivity contribution in [1.29, 1.82) is 0 Å². The van der Waals surface area contributed by atoms with Crippen LogP contribution in [0, 0.1) is 74.4 Å². The average molecular weight is 954 g/mol. The third kappa shape index (κ3) is 4.49. The molecule has 71 heavy (non-hydrogen) atoms. The van der Waals surface area contributed by atoms with E-state index in [1.807, 2.05) is 37.3 Å². The Morgan fingerprint density at radius 1 is 0.958 bits per heavy atom. The SMILES string of the molecule is C/C(C(=O)O)=C1/CC[C@]2(N=C(N)N)C=C[C@@]34[C@@H]5[C@@H](CO)C=CC[C@@]36CC(=O)C3=C7[C@@]68CCC#CC[C@]6(C)C(=O)CC[C@@]3(C)[C@@H]6[C@@H](C3=Cc6ccccc6CC3)[C@]7(O)C=C3CC6=C(C(=CC6)[C@]1(O)[C@H]52)[C@@H]4[C@@]38O. The van der Waals surface area contributed by atoms with Crippen molar-refractivity contribution in [1.82, 2.24) is 0 Å². The summed E-state index contributed by atoms with van der Waals surface area (Å²) >= 11 is 0. The van der Waals surface area contributed by atoms with Crippen LogP contribution in [0.1, 0.15) is 109 Å². The van der Waals surface area contributed by atoms with E-state index >= 15 is 15.0 Å². The summed E-state index contributed by atoms with van der Waals surface area (Å²) < 4.78 is 0. The van der Waals surface area contributed by atoms with Crippen molar-refractivity contribution in [2.45, 2.75) is 127 Å². The molecule has 0 amide bonds. The molecule has 11 nitrogen and oxygen atoms in total. The Morgan fingerprint density at radius 2 is 1.76 bits per heavy atom. The third-order valence-electron chi connectivity index (χ3n) is 22.6. The number of carboxylic acid groups (broad SMARTS) is 1. The van der Waals surface area contributed by atoms with E-state index in [1.54, 1.807) is 6.92 Å². The number of nitrogens with two attached hydrogens (primary N) is 2. The summed E-state index contributed by atoms with van der Waals surface area (Å²) in [5.41, 5.74) is 8.15. The van der Waals surface area contributed by atoms with E-state index in [0.29, 0.717) is 66.4 Å². The minimum Gasteiger partial charge on any atom is -0.478 e. The number of rotatable bonds is 4. The van der Waals surface area contributed by atoms with Crippen LogP contribution in [-0.4, -0.2) is 78.0 Å². The topological polar surface area (TPSA) is 217 Å². The number of fused-ring (bicyclic) bond motifs is 2. The number of ketones is 2. The van der Waals surface area contributed by atoms with Crippen LogP contribution in [0.15, 0.2) is 116 Å². The number of Topliss-reactive ketones (excluding diaryl/α,β-unsaturated/α-hetero) is 2. The first-order valence-electron chi connectivity index (χ1n) is 26.2. The monoisotopic (exact) mass is 953 g/mol. The number of carbonyl (C=O) groups is 3. The smallest absolute Gasteiger partial charge is 0.331 e. The quantitative estimate of drug-likeness (QED) is 0.0577. The first kappa shape index (κ1) is 44.3. The Balaban J connectivity index is 1.18. The van der Waals surface area contributed by atoms with E-state index < -0.39 is 90.9 Å². The first-order valence-corrected chi connectivity index (χ1v) is 26.2. The Morgan fingerprint density at radius 3 is 2.54 bits per heavy atom. The number of benzene rings is 1. The molecule has 15 atom stereocenters. The number of aliphatic hydroxyl groups is 4. The number of allylic oxidation sites excluding steroid dienone is 5. The second-order valence-corrected chi connectivity index (χ2v) is 24.7. The number of hydrogen-bond donors (Lipinski definition) is 7. The van der Waals surface area contributed by atoms with Crippen LogP contribution >= 0.6 is 0 Å². The Bertz CT molecular complexity index is 3190. The number of nitrogens with zero attached hydrogens (tertiary/aromatic N) is 1. The van der Waals surface area contributed by atoms with Gasteiger partial charge in [-0.2, -0.15) is 0 Å². The number of carbonyl (C=O) groups excluding carboxylic acids is 2. The van der Waals surface area contributed by atoms with Gasteiger partial charge in [0, 0.05) is 94.2 Å². The Labute approximate surface area is 414 Å². The highest BCUT2D eigenvalue weighted by Gasteiger charge is 2.92. The zero-order valence-electron chi connectivity index (χ0n) is 40.8. The molecule has 0 radical (unpaired) electrons.